The first-order valence-corrected chi connectivity index (χ1v) is 19.1. The molecule has 1 rings (SSSR count). The zero-order chi connectivity index (χ0) is 24.4. The van der Waals surface area contributed by atoms with Crippen LogP contribution in [-0.4, -0.2) is 47.9 Å². The Balaban J connectivity index is 2.15. The van der Waals surface area contributed by atoms with Crippen molar-refractivity contribution in [2.24, 2.45) is 0 Å². The molecule has 5 heteroatoms. The van der Waals surface area contributed by atoms with Gasteiger partial charge in [0.2, 0.25) is 0 Å². The number of carbonyl (C=O) groups excluding carboxylic acids is 2. The minimum atomic E-state index is -1.70. The number of hydrogen-bond donors (Lipinski definition) is 0. The van der Waals surface area contributed by atoms with Gasteiger partial charge in [-0.05, 0) is 0 Å². The Bertz CT molecular complexity index is 550. The van der Waals surface area contributed by atoms with Crippen LogP contribution in [0.3, 0.4) is 0 Å². The van der Waals surface area contributed by atoms with Gasteiger partial charge in [-0.15, -0.1) is 0 Å². The summed E-state index contributed by atoms with van der Waals surface area (Å²) < 4.78 is 0. The zero-order valence-electron chi connectivity index (χ0n) is 22.1. The molecule has 1 aliphatic heterocycles. The smallest absolute Gasteiger partial charge is 0.275 e. The van der Waals surface area contributed by atoms with Gasteiger partial charge in [-0.3, -0.25) is 14.5 Å². The van der Waals surface area contributed by atoms with Gasteiger partial charge in [0, 0.05) is 12.2 Å². The topological polar surface area (TPSA) is 37.4 Å². The van der Waals surface area contributed by atoms with Crippen molar-refractivity contribution < 1.29 is 9.59 Å². The van der Waals surface area contributed by atoms with E-state index in [0.29, 0.717) is 6.54 Å². The predicted molar refractivity (Wildman–Crippen MR) is 152 cm³/mol. The molecule has 0 unspecified atom stereocenters. The van der Waals surface area contributed by atoms with Crippen molar-refractivity contribution in [3.8, 4) is 0 Å². The second-order valence-electron chi connectivity index (χ2n) is 10.5. The molecule has 0 saturated heterocycles. The van der Waals surface area contributed by atoms with Gasteiger partial charge in [-0.2, -0.15) is 0 Å². The molecule has 0 aromatic heterocycles. The first-order valence-electron chi connectivity index (χ1n) is 14.1. The molecule has 194 valence electrons. The first kappa shape index (κ1) is 30.8. The van der Waals surface area contributed by atoms with Crippen molar-refractivity contribution in [1.29, 1.82) is 0 Å². The van der Waals surface area contributed by atoms with Crippen molar-refractivity contribution in [2.75, 3.05) is 31.2 Å². The van der Waals surface area contributed by atoms with E-state index in [1.165, 1.54) is 132 Å². The molecule has 0 aromatic rings. The standard InChI is InChI=1S/C28H53BrNO2P/c1-4-7-23-33(29,24-8-5-2,25-9-6-3)26-19-17-15-13-11-10-12-14-16-18-22-30-27(31)20-21-28(30)32/h20-21H,4-19,22-26H2,1-3H3. The normalized spacial score (nSPS) is 15.4. The molecule has 1 aliphatic rings. The van der Waals surface area contributed by atoms with Crippen molar-refractivity contribution in [3.63, 3.8) is 0 Å². The van der Waals surface area contributed by atoms with Crippen LogP contribution in [0.5, 0.6) is 0 Å². The summed E-state index contributed by atoms with van der Waals surface area (Å²) in [6.45, 7) is 7.63. The SMILES string of the molecule is CCCCP(Br)(CCCC)(CCCC)CCCCCCCCCCCCN1C(=O)C=CC1=O. The number of unbranched alkanes of at least 4 members (excludes halogenated alkanes) is 12. The van der Waals surface area contributed by atoms with E-state index in [-0.39, 0.29) is 11.8 Å². The molecular weight excluding hydrogens is 493 g/mol. The van der Waals surface area contributed by atoms with Crippen LogP contribution in [0.4, 0.5) is 0 Å². The van der Waals surface area contributed by atoms with E-state index in [4.69, 9.17) is 0 Å². The van der Waals surface area contributed by atoms with Crippen molar-refractivity contribution >= 4 is 32.6 Å². The number of hydrogen-bond acceptors (Lipinski definition) is 2. The van der Waals surface area contributed by atoms with Crippen LogP contribution >= 0.6 is 20.8 Å². The Morgan fingerprint density at radius 1 is 0.576 bits per heavy atom. The van der Waals surface area contributed by atoms with Crippen LogP contribution in [0.1, 0.15) is 124 Å². The van der Waals surface area contributed by atoms with Crippen molar-refractivity contribution in [3.05, 3.63) is 12.2 Å². The summed E-state index contributed by atoms with van der Waals surface area (Å²) >= 11 is 4.54. The minimum absolute atomic E-state index is 0.147. The monoisotopic (exact) mass is 545 g/mol. The van der Waals surface area contributed by atoms with Crippen LogP contribution in [0.15, 0.2) is 12.2 Å². The Morgan fingerprint density at radius 3 is 1.30 bits per heavy atom. The molecule has 0 N–H and O–H groups in total. The number of carbonyl (C=O) groups is 2. The number of halogens is 1. The molecule has 0 fully saturated rings. The predicted octanol–water partition coefficient (Wildman–Crippen LogP) is 9.08. The molecule has 0 aromatic carbocycles. The Morgan fingerprint density at radius 2 is 0.909 bits per heavy atom. The molecule has 2 amide bonds. The summed E-state index contributed by atoms with van der Waals surface area (Å²) in [5, 5.41) is -1.70. The van der Waals surface area contributed by atoms with Gasteiger partial charge in [-0.1, -0.05) is 0 Å². The third-order valence-corrected chi connectivity index (χ3v) is 17.5. The fourth-order valence-corrected chi connectivity index (χ4v) is 13.9. The van der Waals surface area contributed by atoms with Crippen LogP contribution < -0.4 is 0 Å². The van der Waals surface area contributed by atoms with E-state index in [2.05, 4.69) is 36.3 Å². The third-order valence-electron chi connectivity index (χ3n) is 7.46. The molecule has 0 bridgehead atoms. The van der Waals surface area contributed by atoms with Gasteiger partial charge in [0.25, 0.3) is 11.8 Å². The summed E-state index contributed by atoms with van der Waals surface area (Å²) in [4.78, 5) is 24.4. The fourth-order valence-electron chi connectivity index (χ4n) is 5.17. The summed E-state index contributed by atoms with van der Waals surface area (Å²) in [7, 11) is 0. The second kappa shape index (κ2) is 17.3. The fraction of sp³-hybridized carbons (Fsp3) is 0.857. The molecule has 3 nitrogen and oxygen atoms in total. The van der Waals surface area contributed by atoms with Gasteiger partial charge >= 0.3 is 175 Å². The molecule has 1 heterocycles. The van der Waals surface area contributed by atoms with E-state index < -0.39 is 5.31 Å². The first-order chi connectivity index (χ1) is 15.9. The molecule has 0 saturated carbocycles. The van der Waals surface area contributed by atoms with E-state index in [0.717, 1.165) is 12.8 Å². The number of nitrogens with zero attached hydrogens (tertiary/aromatic N) is 1. The Hall–Kier alpha value is -0.210. The van der Waals surface area contributed by atoms with E-state index in [1.54, 1.807) is 0 Å². The number of imide groups is 1. The Kier molecular flexibility index (Phi) is 16.1. The summed E-state index contributed by atoms with van der Waals surface area (Å²) in [6.07, 6.45) is 29.6. The van der Waals surface area contributed by atoms with Crippen LogP contribution in [0, 0.1) is 0 Å². The summed E-state index contributed by atoms with van der Waals surface area (Å²) in [5.41, 5.74) is 0. The van der Waals surface area contributed by atoms with Gasteiger partial charge in [-0.25, -0.2) is 0 Å². The summed E-state index contributed by atoms with van der Waals surface area (Å²) in [6, 6.07) is 0. The second-order valence-corrected chi connectivity index (χ2v) is 21.9. The zero-order valence-corrected chi connectivity index (χ0v) is 24.6. The number of rotatable bonds is 22. The average molecular weight is 547 g/mol. The van der Waals surface area contributed by atoms with Gasteiger partial charge in [0.1, 0.15) is 0 Å². The van der Waals surface area contributed by atoms with Gasteiger partial charge in [0.05, 0.1) is 0 Å². The maximum absolute atomic E-state index is 11.5. The van der Waals surface area contributed by atoms with Crippen LogP contribution in [0.2, 0.25) is 0 Å². The van der Waals surface area contributed by atoms with Crippen LogP contribution in [0.25, 0.3) is 0 Å². The Labute approximate surface area is 213 Å². The molecule has 0 radical (unpaired) electrons. The minimum Gasteiger partial charge on any atom is -0.275 e. The molecule has 0 aliphatic carbocycles. The average Bonchev–Trinajstić information content (AvgIpc) is 3.13. The third kappa shape index (κ3) is 12.4. The summed E-state index contributed by atoms with van der Waals surface area (Å²) in [5.74, 6) is -0.293. The molecular formula is C28H53BrNO2P. The van der Waals surface area contributed by atoms with Crippen molar-refractivity contribution in [2.45, 2.75) is 124 Å². The van der Waals surface area contributed by atoms with Gasteiger partial charge < -0.3 is 0 Å². The molecule has 33 heavy (non-hydrogen) atoms. The van der Waals surface area contributed by atoms with E-state index >= 15 is 0 Å². The number of amides is 2. The molecule has 0 atom stereocenters. The van der Waals surface area contributed by atoms with Crippen molar-refractivity contribution in [1.82, 2.24) is 4.90 Å². The van der Waals surface area contributed by atoms with E-state index in [1.807, 2.05) is 0 Å². The van der Waals surface area contributed by atoms with E-state index in [9.17, 15) is 9.59 Å². The maximum atomic E-state index is 11.5. The quantitative estimate of drug-likeness (QED) is 0.0772. The van der Waals surface area contributed by atoms with Gasteiger partial charge in [0.15, 0.2) is 0 Å². The van der Waals surface area contributed by atoms with Crippen LogP contribution in [-0.2, 0) is 9.59 Å². The molecule has 0 spiro atoms.